The van der Waals surface area contributed by atoms with E-state index in [1.54, 1.807) is 18.2 Å². The third-order valence-electron chi connectivity index (χ3n) is 4.88. The minimum absolute atomic E-state index is 0.0172. The quantitative estimate of drug-likeness (QED) is 0.744. The lowest BCUT2D eigenvalue weighted by Crippen LogP contribution is -2.37. The van der Waals surface area contributed by atoms with Gasteiger partial charge in [-0.15, -0.1) is 0 Å². The van der Waals surface area contributed by atoms with E-state index in [-0.39, 0.29) is 25.2 Å². The Kier molecular flexibility index (Phi) is 6.14. The molecule has 1 aromatic carbocycles. The van der Waals surface area contributed by atoms with Crippen LogP contribution >= 0.6 is 0 Å². The standard InChI is InChI=1S/C19H26N2O4/c22-18(20-10-4-7-14-5-2-1-3-6-14)12-21-19(23)15-8-9-16-17(11-15)25-13-24-16/h8-9,11,14H,1-7,10,12-13H2,(H,20,22)(H,21,23). The van der Waals surface area contributed by atoms with E-state index in [2.05, 4.69) is 10.6 Å². The summed E-state index contributed by atoms with van der Waals surface area (Å²) in [6, 6.07) is 4.98. The van der Waals surface area contributed by atoms with Crippen LogP contribution in [0.3, 0.4) is 0 Å². The minimum atomic E-state index is -0.296. The molecular weight excluding hydrogens is 320 g/mol. The molecule has 2 N–H and O–H groups in total. The molecule has 0 atom stereocenters. The van der Waals surface area contributed by atoms with Gasteiger partial charge >= 0.3 is 0 Å². The van der Waals surface area contributed by atoms with E-state index in [9.17, 15) is 9.59 Å². The van der Waals surface area contributed by atoms with Gasteiger partial charge in [-0.2, -0.15) is 0 Å². The lowest BCUT2D eigenvalue weighted by molar-refractivity contribution is -0.120. The van der Waals surface area contributed by atoms with E-state index in [4.69, 9.17) is 9.47 Å². The Hall–Kier alpha value is -2.24. The van der Waals surface area contributed by atoms with E-state index in [0.717, 1.165) is 12.3 Å². The van der Waals surface area contributed by atoms with Crippen LogP contribution in [0.4, 0.5) is 0 Å². The maximum absolute atomic E-state index is 12.1. The van der Waals surface area contributed by atoms with Crippen LogP contribution in [0.5, 0.6) is 11.5 Å². The molecule has 2 aliphatic rings. The molecular formula is C19H26N2O4. The first kappa shape index (κ1) is 17.6. The maximum Gasteiger partial charge on any atom is 0.251 e. The number of ether oxygens (including phenoxy) is 2. The highest BCUT2D eigenvalue weighted by atomic mass is 16.7. The lowest BCUT2D eigenvalue weighted by atomic mass is 9.86. The average Bonchev–Trinajstić information content (AvgIpc) is 3.12. The van der Waals surface area contributed by atoms with Crippen LogP contribution in [0.15, 0.2) is 18.2 Å². The number of hydrogen-bond acceptors (Lipinski definition) is 4. The van der Waals surface area contributed by atoms with E-state index < -0.39 is 0 Å². The number of carbonyl (C=O) groups excluding carboxylic acids is 2. The number of amides is 2. The Labute approximate surface area is 148 Å². The maximum atomic E-state index is 12.1. The van der Waals surface area contributed by atoms with Gasteiger partial charge in [0.15, 0.2) is 11.5 Å². The molecule has 6 heteroatoms. The van der Waals surface area contributed by atoms with Crippen molar-refractivity contribution in [2.75, 3.05) is 19.9 Å². The molecule has 1 heterocycles. The van der Waals surface area contributed by atoms with Gasteiger partial charge in [0.25, 0.3) is 5.91 Å². The van der Waals surface area contributed by atoms with E-state index in [1.165, 1.54) is 38.5 Å². The number of hydrogen-bond donors (Lipinski definition) is 2. The molecule has 1 aliphatic heterocycles. The smallest absolute Gasteiger partial charge is 0.251 e. The Morgan fingerprint density at radius 2 is 1.84 bits per heavy atom. The Bertz CT molecular complexity index is 611. The first-order valence-corrected chi connectivity index (χ1v) is 9.17. The van der Waals surface area contributed by atoms with Crippen molar-refractivity contribution in [1.82, 2.24) is 10.6 Å². The van der Waals surface area contributed by atoms with Crippen LogP contribution in [0.25, 0.3) is 0 Å². The molecule has 0 aromatic heterocycles. The fourth-order valence-corrected chi connectivity index (χ4v) is 3.46. The van der Waals surface area contributed by atoms with Crippen LogP contribution in [0, 0.1) is 5.92 Å². The van der Waals surface area contributed by atoms with Crippen LogP contribution < -0.4 is 20.1 Å². The molecule has 0 spiro atoms. The summed E-state index contributed by atoms with van der Waals surface area (Å²) in [4.78, 5) is 23.9. The number of fused-ring (bicyclic) bond motifs is 1. The van der Waals surface area contributed by atoms with Gasteiger partial charge in [-0.1, -0.05) is 32.1 Å². The second-order valence-corrected chi connectivity index (χ2v) is 6.75. The fourth-order valence-electron chi connectivity index (χ4n) is 3.46. The molecule has 25 heavy (non-hydrogen) atoms. The van der Waals surface area contributed by atoms with Gasteiger partial charge in [-0.25, -0.2) is 0 Å². The summed E-state index contributed by atoms with van der Waals surface area (Å²) in [6.07, 6.45) is 8.93. The highest BCUT2D eigenvalue weighted by Crippen LogP contribution is 2.32. The predicted molar refractivity (Wildman–Crippen MR) is 93.7 cm³/mol. The molecule has 3 rings (SSSR count). The van der Waals surface area contributed by atoms with E-state index >= 15 is 0 Å². The summed E-state index contributed by atoms with van der Waals surface area (Å²) in [5, 5.41) is 5.51. The molecule has 1 fully saturated rings. The summed E-state index contributed by atoms with van der Waals surface area (Å²) in [6.45, 7) is 0.829. The van der Waals surface area contributed by atoms with Crippen molar-refractivity contribution >= 4 is 11.8 Å². The summed E-state index contributed by atoms with van der Waals surface area (Å²) >= 11 is 0. The predicted octanol–water partition coefficient (Wildman–Crippen LogP) is 2.62. The van der Waals surface area contributed by atoms with Crippen LogP contribution in [0.2, 0.25) is 0 Å². The third-order valence-corrected chi connectivity index (χ3v) is 4.88. The third kappa shape index (κ3) is 5.11. The Morgan fingerprint density at radius 1 is 1.04 bits per heavy atom. The van der Waals surface area contributed by atoms with Gasteiger partial charge in [-0.05, 0) is 37.0 Å². The largest absolute Gasteiger partial charge is 0.454 e. The van der Waals surface area contributed by atoms with Crippen molar-refractivity contribution in [3.8, 4) is 11.5 Å². The van der Waals surface area contributed by atoms with Gasteiger partial charge < -0.3 is 20.1 Å². The summed E-state index contributed by atoms with van der Waals surface area (Å²) in [7, 11) is 0. The summed E-state index contributed by atoms with van der Waals surface area (Å²) < 4.78 is 10.5. The topological polar surface area (TPSA) is 76.7 Å². The zero-order valence-electron chi connectivity index (χ0n) is 14.5. The highest BCUT2D eigenvalue weighted by molar-refractivity contribution is 5.97. The highest BCUT2D eigenvalue weighted by Gasteiger charge is 2.17. The second-order valence-electron chi connectivity index (χ2n) is 6.75. The Balaban J connectivity index is 1.32. The Morgan fingerprint density at radius 3 is 2.68 bits per heavy atom. The molecule has 2 amide bonds. The van der Waals surface area contributed by atoms with Crippen LogP contribution in [-0.4, -0.2) is 31.7 Å². The van der Waals surface area contributed by atoms with Crippen molar-refractivity contribution in [2.24, 2.45) is 5.92 Å². The molecule has 0 radical (unpaired) electrons. The van der Waals surface area contributed by atoms with Crippen molar-refractivity contribution in [1.29, 1.82) is 0 Å². The van der Waals surface area contributed by atoms with Crippen molar-refractivity contribution in [2.45, 2.75) is 44.9 Å². The first-order valence-electron chi connectivity index (χ1n) is 9.17. The lowest BCUT2D eigenvalue weighted by Gasteiger charge is -2.21. The zero-order chi connectivity index (χ0) is 17.5. The monoisotopic (exact) mass is 346 g/mol. The number of rotatable bonds is 7. The zero-order valence-corrected chi connectivity index (χ0v) is 14.5. The number of nitrogens with one attached hydrogen (secondary N) is 2. The van der Waals surface area contributed by atoms with Crippen molar-refractivity contribution < 1.29 is 19.1 Å². The summed E-state index contributed by atoms with van der Waals surface area (Å²) in [5.41, 5.74) is 0.453. The molecule has 1 aliphatic carbocycles. The number of carbonyl (C=O) groups is 2. The van der Waals surface area contributed by atoms with Crippen LogP contribution in [-0.2, 0) is 4.79 Å². The molecule has 0 saturated heterocycles. The van der Waals surface area contributed by atoms with Crippen molar-refractivity contribution in [3.05, 3.63) is 23.8 Å². The van der Waals surface area contributed by atoms with Crippen molar-refractivity contribution in [3.63, 3.8) is 0 Å². The second kappa shape index (κ2) is 8.74. The molecule has 136 valence electrons. The summed E-state index contributed by atoms with van der Waals surface area (Å²) in [5.74, 6) is 1.57. The molecule has 1 aromatic rings. The van der Waals surface area contributed by atoms with Crippen LogP contribution in [0.1, 0.15) is 55.3 Å². The molecule has 0 bridgehead atoms. The molecule has 0 unspecified atom stereocenters. The SMILES string of the molecule is O=C(CNC(=O)c1ccc2c(c1)OCO2)NCCCC1CCCCC1. The molecule has 6 nitrogen and oxygen atoms in total. The fraction of sp³-hybridized carbons (Fsp3) is 0.579. The normalized spacial score (nSPS) is 16.5. The first-order chi connectivity index (χ1) is 12.2. The van der Waals surface area contributed by atoms with E-state index in [0.29, 0.717) is 23.6 Å². The van der Waals surface area contributed by atoms with Gasteiger partial charge in [-0.3, -0.25) is 9.59 Å². The van der Waals surface area contributed by atoms with Gasteiger partial charge in [0.05, 0.1) is 6.54 Å². The van der Waals surface area contributed by atoms with Gasteiger partial charge in [0, 0.05) is 12.1 Å². The van der Waals surface area contributed by atoms with Gasteiger partial charge in [0.2, 0.25) is 12.7 Å². The van der Waals surface area contributed by atoms with E-state index in [1.807, 2.05) is 0 Å². The molecule has 1 saturated carbocycles. The number of benzene rings is 1. The van der Waals surface area contributed by atoms with Gasteiger partial charge in [0.1, 0.15) is 0 Å². The minimum Gasteiger partial charge on any atom is -0.454 e. The average molecular weight is 346 g/mol.